The first-order chi connectivity index (χ1) is 29.3. The number of aromatic nitrogens is 1. The molecule has 0 aliphatic carbocycles. The van der Waals surface area contributed by atoms with Crippen LogP contribution in [-0.2, 0) is 19.1 Å². The molecule has 0 bridgehead atoms. The molecule has 6 rings (SSSR count). The Hall–Kier alpha value is -6.36. The minimum atomic E-state index is -4.67. The lowest BCUT2D eigenvalue weighted by Gasteiger charge is -2.43. The predicted octanol–water partition coefficient (Wildman–Crippen LogP) is 8.59. The van der Waals surface area contributed by atoms with Crippen molar-refractivity contribution in [2.75, 3.05) is 30.1 Å². The summed E-state index contributed by atoms with van der Waals surface area (Å²) < 4.78 is 88.9. The van der Waals surface area contributed by atoms with Crippen LogP contribution in [0.1, 0.15) is 32.3 Å². The van der Waals surface area contributed by atoms with Gasteiger partial charge in [0.05, 0.1) is 23.1 Å². The van der Waals surface area contributed by atoms with Crippen molar-refractivity contribution in [1.29, 1.82) is 0 Å². The minimum Gasteiger partial charge on any atom is -0.482 e. The highest BCUT2D eigenvalue weighted by molar-refractivity contribution is 7.90. The number of nitrogens with one attached hydrogen (secondary N) is 2. The van der Waals surface area contributed by atoms with Crippen LogP contribution in [0.15, 0.2) is 156 Å². The summed E-state index contributed by atoms with van der Waals surface area (Å²) in [6.45, 7) is 4.84. The minimum absolute atomic E-state index is 0.0336. The van der Waals surface area contributed by atoms with E-state index in [2.05, 4.69) is 65.6 Å². The molecule has 4 N–H and O–H groups in total. The fourth-order valence-electron chi connectivity index (χ4n) is 6.99. The molecule has 0 saturated carbocycles. The molecule has 0 aliphatic rings. The Kier molecular flexibility index (Phi) is 13.6. The van der Waals surface area contributed by atoms with Gasteiger partial charge >= 0.3 is 6.18 Å². The zero-order valence-electron chi connectivity index (χ0n) is 34.3. The average Bonchev–Trinajstić information content (AvgIpc) is 3.22. The van der Waals surface area contributed by atoms with E-state index >= 15 is 0 Å². The van der Waals surface area contributed by atoms with Gasteiger partial charge in [-0.15, -0.1) is 0 Å². The second-order valence-electron chi connectivity index (χ2n) is 15.5. The molecule has 6 aromatic rings. The number of amides is 1. The Bertz CT molecular complexity index is 2570. The van der Waals surface area contributed by atoms with Gasteiger partial charge in [0.15, 0.2) is 28.2 Å². The summed E-state index contributed by atoms with van der Waals surface area (Å²) in [6.07, 6.45) is -2.21. The normalized spacial score (nSPS) is 13.0. The lowest BCUT2D eigenvalue weighted by Crippen LogP contribution is -2.67. The molecule has 1 aromatic heterocycles. The zero-order valence-corrected chi connectivity index (χ0v) is 36.1. The molecule has 0 spiro atoms. The molecule has 1 unspecified atom stereocenters. The van der Waals surface area contributed by atoms with Crippen LogP contribution in [0.25, 0.3) is 11.1 Å². The van der Waals surface area contributed by atoms with Gasteiger partial charge in [0.2, 0.25) is 5.91 Å². The monoisotopic (exact) mass is 883 g/mol. The quantitative estimate of drug-likeness (QED) is 0.0427. The number of sulfone groups is 1. The molecule has 10 nitrogen and oxygen atoms in total. The summed E-state index contributed by atoms with van der Waals surface area (Å²) >= 11 is 0. The Morgan fingerprint density at radius 3 is 1.94 bits per heavy atom. The number of aliphatic imine (C=N–C) groups is 1. The maximum absolute atomic E-state index is 14.2. The third kappa shape index (κ3) is 11.1. The number of carbonyl (C=O) groups excluding carboxylic acids is 1. The molecule has 0 radical (unpaired) electrons. The second kappa shape index (κ2) is 18.7. The van der Waals surface area contributed by atoms with Gasteiger partial charge in [-0.05, 0) is 75.1 Å². The third-order valence-corrected chi connectivity index (χ3v) is 16.1. The first kappa shape index (κ1) is 45.2. The third-order valence-electron chi connectivity index (χ3n) is 9.98. The molecule has 62 heavy (non-hydrogen) atoms. The van der Waals surface area contributed by atoms with Crippen LogP contribution in [0.5, 0.6) is 5.75 Å². The number of halogens is 4. The highest BCUT2D eigenvalue weighted by Gasteiger charge is 2.50. The number of rotatable bonds is 14. The molecule has 0 fully saturated rings. The lowest BCUT2D eigenvalue weighted by molar-refractivity contribution is -0.153. The number of pyridine rings is 1. The highest BCUT2D eigenvalue weighted by Crippen LogP contribution is 2.38. The van der Waals surface area contributed by atoms with Crippen molar-refractivity contribution in [3.8, 4) is 16.9 Å². The molecule has 322 valence electrons. The highest BCUT2D eigenvalue weighted by atomic mass is 32.2. The van der Waals surface area contributed by atoms with Gasteiger partial charge in [-0.2, -0.15) is 18.2 Å². The number of anilines is 2. The van der Waals surface area contributed by atoms with E-state index in [4.69, 9.17) is 14.9 Å². The average molecular weight is 884 g/mol. The van der Waals surface area contributed by atoms with E-state index in [9.17, 15) is 30.8 Å². The van der Waals surface area contributed by atoms with Crippen LogP contribution in [0.4, 0.5) is 34.8 Å². The molecule has 0 aliphatic heterocycles. The van der Waals surface area contributed by atoms with Crippen LogP contribution in [0.2, 0.25) is 5.04 Å². The molecule has 0 saturated heterocycles. The van der Waals surface area contributed by atoms with Crippen LogP contribution in [0.3, 0.4) is 0 Å². The fraction of sp³-hybridized carbons (Fsp3) is 0.196. The van der Waals surface area contributed by atoms with Crippen molar-refractivity contribution in [2.24, 2.45) is 10.7 Å². The maximum atomic E-state index is 14.2. The van der Waals surface area contributed by atoms with Crippen molar-refractivity contribution in [3.05, 3.63) is 157 Å². The van der Waals surface area contributed by atoms with Crippen LogP contribution in [-0.4, -0.2) is 59.2 Å². The van der Waals surface area contributed by atoms with Crippen molar-refractivity contribution < 1.29 is 39.9 Å². The first-order valence-corrected chi connectivity index (χ1v) is 23.1. The SMILES string of the molecule is CC(C)(C)[Si](OCC(C(=O)Nc1ccc(-c2ccc(N=C(N)Nc3ccc(S(C)(=O)=O)cc3OCC(F)(F)F)nc2)cc1)c1ccc(F)cc1)(c1ccccc1)c1ccccc1. The van der Waals surface area contributed by atoms with Gasteiger partial charge in [0, 0.05) is 29.8 Å². The van der Waals surface area contributed by atoms with E-state index in [1.807, 2.05) is 36.4 Å². The van der Waals surface area contributed by atoms with Crippen LogP contribution >= 0.6 is 0 Å². The summed E-state index contributed by atoms with van der Waals surface area (Å²) in [4.78, 5) is 22.5. The van der Waals surface area contributed by atoms with Crippen molar-refractivity contribution in [3.63, 3.8) is 0 Å². The van der Waals surface area contributed by atoms with Gasteiger partial charge in [-0.1, -0.05) is 106 Å². The van der Waals surface area contributed by atoms with E-state index < -0.39 is 42.7 Å². The molecule has 16 heteroatoms. The zero-order chi connectivity index (χ0) is 44.7. The summed E-state index contributed by atoms with van der Waals surface area (Å²) in [5.74, 6) is -2.01. The summed E-state index contributed by atoms with van der Waals surface area (Å²) in [5.41, 5.74) is 8.59. The number of alkyl halides is 3. The Labute approximate surface area is 358 Å². The van der Waals surface area contributed by atoms with E-state index in [1.165, 1.54) is 24.3 Å². The maximum Gasteiger partial charge on any atom is 0.422 e. The molecule has 1 heterocycles. The number of carbonyl (C=O) groups is 1. The number of hydrogen-bond donors (Lipinski definition) is 3. The van der Waals surface area contributed by atoms with Crippen LogP contribution in [0, 0.1) is 5.82 Å². The van der Waals surface area contributed by atoms with Crippen molar-refractivity contribution in [1.82, 2.24) is 4.98 Å². The summed E-state index contributed by atoms with van der Waals surface area (Å²) in [6, 6.07) is 39.9. The number of ether oxygens (including phenoxy) is 1. The Balaban J connectivity index is 1.18. The van der Waals surface area contributed by atoms with Gasteiger partial charge < -0.3 is 25.5 Å². The standard InChI is InChI=1S/C46H45F4N5O5SSi/c1-45(2,3)62(37-11-7-5-8-12-37,38-13-9-6-10-14-38)60-29-39(32-15-20-34(47)21-16-32)43(56)53-35-22-17-31(18-23-35)33-19-26-42(52-28-33)55-44(51)54-40-25-24-36(61(4,57)58)27-41(40)59-30-46(48,49)50/h5-28,39H,29-30H2,1-4H3,(H,53,56)(H3,51,52,54,55). The molecule has 1 amide bonds. The summed E-state index contributed by atoms with van der Waals surface area (Å²) in [5, 5.41) is 7.45. The van der Waals surface area contributed by atoms with Gasteiger partial charge in [0.25, 0.3) is 8.32 Å². The summed E-state index contributed by atoms with van der Waals surface area (Å²) in [7, 11) is -6.77. The van der Waals surface area contributed by atoms with E-state index in [-0.39, 0.29) is 45.7 Å². The smallest absolute Gasteiger partial charge is 0.422 e. The Morgan fingerprint density at radius 2 is 1.40 bits per heavy atom. The first-order valence-electron chi connectivity index (χ1n) is 19.3. The fourth-order valence-corrected chi connectivity index (χ4v) is 12.2. The number of guanidine groups is 1. The predicted molar refractivity (Wildman–Crippen MR) is 237 cm³/mol. The molecular weight excluding hydrogens is 839 g/mol. The second-order valence-corrected chi connectivity index (χ2v) is 21.8. The molecular formula is C46H45F4N5O5SSi. The van der Waals surface area contributed by atoms with Gasteiger partial charge in [0.1, 0.15) is 11.6 Å². The van der Waals surface area contributed by atoms with Gasteiger partial charge in [-0.25, -0.2) is 17.8 Å². The number of benzene rings is 5. The largest absolute Gasteiger partial charge is 0.482 e. The number of hydrogen-bond acceptors (Lipinski definition) is 7. The van der Waals surface area contributed by atoms with Crippen LogP contribution < -0.4 is 31.5 Å². The van der Waals surface area contributed by atoms with Gasteiger partial charge in [-0.3, -0.25) is 4.79 Å². The topological polar surface area (TPSA) is 145 Å². The van der Waals surface area contributed by atoms with E-state index in [1.54, 1.807) is 54.7 Å². The Morgan fingerprint density at radius 1 is 0.806 bits per heavy atom. The lowest BCUT2D eigenvalue weighted by atomic mass is 9.99. The van der Waals surface area contributed by atoms with E-state index in [0.717, 1.165) is 28.3 Å². The van der Waals surface area contributed by atoms with Crippen molar-refractivity contribution in [2.45, 2.75) is 42.8 Å². The number of nitrogens with two attached hydrogens (primary N) is 1. The molecule has 5 aromatic carbocycles. The van der Waals surface area contributed by atoms with E-state index in [0.29, 0.717) is 16.8 Å². The van der Waals surface area contributed by atoms with Crippen molar-refractivity contribution >= 4 is 57.6 Å². The number of nitrogens with zero attached hydrogens (tertiary/aromatic N) is 2. The molecule has 1 atom stereocenters.